The molecule has 1 aliphatic rings. The maximum atomic E-state index is 12.2. The minimum absolute atomic E-state index is 0.211. The molecule has 124 valence electrons. The molecule has 0 aliphatic carbocycles. The summed E-state index contributed by atoms with van der Waals surface area (Å²) in [5.74, 6) is -0.507. The number of hydrogen-bond acceptors (Lipinski definition) is 4. The maximum absolute atomic E-state index is 12.2. The highest BCUT2D eigenvalue weighted by Crippen LogP contribution is 2.28. The average molecular weight is 321 g/mol. The molecule has 2 rings (SSSR count). The van der Waals surface area contributed by atoms with Gasteiger partial charge >= 0.3 is 12.2 Å². The van der Waals surface area contributed by atoms with Crippen molar-refractivity contribution in [1.82, 2.24) is 5.32 Å². The Labute approximate surface area is 133 Å². The highest BCUT2D eigenvalue weighted by Gasteiger charge is 2.33. The van der Waals surface area contributed by atoms with Gasteiger partial charge in [-0.05, 0) is 32.9 Å². The number of carbonyl (C=O) groups excluding carboxylic acids is 2. The monoisotopic (exact) mass is 321 g/mol. The molecule has 0 saturated heterocycles. The number of benzene rings is 1. The van der Waals surface area contributed by atoms with Gasteiger partial charge in [0.15, 0.2) is 0 Å². The molecule has 0 fully saturated rings. The fourth-order valence-corrected chi connectivity index (χ4v) is 2.14. The quantitative estimate of drug-likeness (QED) is 0.733. The van der Waals surface area contributed by atoms with Crippen molar-refractivity contribution in [3.8, 4) is 0 Å². The van der Waals surface area contributed by atoms with Crippen LogP contribution in [-0.2, 0) is 9.53 Å². The van der Waals surface area contributed by atoms with Crippen LogP contribution >= 0.6 is 0 Å². The first kappa shape index (κ1) is 16.6. The number of carboxylic acid groups (broad SMARTS) is 1. The molecule has 1 heterocycles. The van der Waals surface area contributed by atoms with Gasteiger partial charge in [0.05, 0.1) is 17.9 Å². The average Bonchev–Trinajstić information content (AvgIpc) is 2.54. The topological polar surface area (TPSA) is 108 Å². The Kier molecular flexibility index (Phi) is 4.44. The van der Waals surface area contributed by atoms with Crippen molar-refractivity contribution >= 4 is 29.5 Å². The highest BCUT2D eigenvalue weighted by atomic mass is 16.6. The Bertz CT molecular complexity index is 638. The third-order valence-corrected chi connectivity index (χ3v) is 3.06. The van der Waals surface area contributed by atoms with Crippen molar-refractivity contribution in [2.24, 2.45) is 0 Å². The van der Waals surface area contributed by atoms with E-state index < -0.39 is 29.7 Å². The molecular formula is C15H19N3O5. The number of ether oxygens (including phenoxy) is 1. The summed E-state index contributed by atoms with van der Waals surface area (Å²) in [6.07, 6.45) is -2.00. The zero-order chi connectivity index (χ0) is 17.2. The lowest BCUT2D eigenvalue weighted by atomic mass is 10.2. The molecule has 3 N–H and O–H groups in total. The third-order valence-electron chi connectivity index (χ3n) is 3.06. The van der Waals surface area contributed by atoms with Gasteiger partial charge in [-0.15, -0.1) is 0 Å². The van der Waals surface area contributed by atoms with Crippen LogP contribution in [0, 0.1) is 0 Å². The number of carbonyl (C=O) groups is 3. The van der Waals surface area contributed by atoms with Crippen molar-refractivity contribution < 1.29 is 24.2 Å². The summed E-state index contributed by atoms with van der Waals surface area (Å²) in [6, 6.07) is 5.47. The minimum Gasteiger partial charge on any atom is -0.465 e. The van der Waals surface area contributed by atoms with Gasteiger partial charge < -0.3 is 20.5 Å². The maximum Gasteiger partial charge on any atom is 0.411 e. The fourth-order valence-electron chi connectivity index (χ4n) is 2.14. The van der Waals surface area contributed by atoms with Crippen LogP contribution in [0.1, 0.15) is 20.8 Å². The molecule has 8 nitrogen and oxygen atoms in total. The van der Waals surface area contributed by atoms with Crippen LogP contribution in [-0.4, -0.2) is 41.4 Å². The summed E-state index contributed by atoms with van der Waals surface area (Å²) in [6.45, 7) is 4.87. The standard InChI is InChI=1S/C15H19N3O5/c1-15(2,3)23-13(20)17-10-8-18(14(21)22)11-7-5-4-6-9(11)16-12(10)19/h4-7,10H,8H2,1-3H3,(H,16,19)(H,17,20)(H,21,22)/t10-/m0/s1. The number of amides is 3. The molecule has 0 radical (unpaired) electrons. The van der Waals surface area contributed by atoms with Crippen molar-refractivity contribution in [1.29, 1.82) is 0 Å². The van der Waals surface area contributed by atoms with Gasteiger partial charge in [-0.25, -0.2) is 9.59 Å². The normalized spacial score (nSPS) is 17.6. The molecule has 0 aromatic heterocycles. The largest absolute Gasteiger partial charge is 0.465 e. The van der Waals surface area contributed by atoms with Crippen molar-refractivity contribution in [2.75, 3.05) is 16.8 Å². The molecule has 1 aliphatic heterocycles. The van der Waals surface area contributed by atoms with Crippen LogP contribution in [0.5, 0.6) is 0 Å². The summed E-state index contributed by atoms with van der Waals surface area (Å²) in [7, 11) is 0. The molecular weight excluding hydrogens is 302 g/mol. The summed E-state index contributed by atoms with van der Waals surface area (Å²) in [4.78, 5) is 36.6. The number of nitrogens with one attached hydrogen (secondary N) is 2. The second-order valence-corrected chi connectivity index (χ2v) is 6.10. The number of anilines is 2. The van der Waals surface area contributed by atoms with Crippen LogP contribution in [0.2, 0.25) is 0 Å². The van der Waals surface area contributed by atoms with Crippen molar-refractivity contribution in [3.05, 3.63) is 24.3 Å². The zero-order valence-electron chi connectivity index (χ0n) is 13.1. The fraction of sp³-hybridized carbons (Fsp3) is 0.400. The van der Waals surface area contributed by atoms with E-state index in [4.69, 9.17) is 4.74 Å². The van der Waals surface area contributed by atoms with Crippen molar-refractivity contribution in [2.45, 2.75) is 32.4 Å². The molecule has 1 aromatic carbocycles. The summed E-state index contributed by atoms with van der Waals surface area (Å²) < 4.78 is 5.11. The van der Waals surface area contributed by atoms with E-state index in [1.54, 1.807) is 45.0 Å². The Morgan fingerprint density at radius 1 is 1.35 bits per heavy atom. The third kappa shape index (κ3) is 4.12. The smallest absolute Gasteiger partial charge is 0.411 e. The van der Waals surface area contributed by atoms with Gasteiger partial charge in [0.2, 0.25) is 5.91 Å². The van der Waals surface area contributed by atoms with Crippen LogP contribution in [0.25, 0.3) is 0 Å². The summed E-state index contributed by atoms with van der Waals surface area (Å²) in [5.41, 5.74) is -0.00369. The predicted molar refractivity (Wildman–Crippen MR) is 83.6 cm³/mol. The summed E-state index contributed by atoms with van der Waals surface area (Å²) in [5, 5.41) is 14.4. The van der Waals surface area contributed by atoms with E-state index in [1.807, 2.05) is 0 Å². The highest BCUT2D eigenvalue weighted by molar-refractivity contribution is 6.04. The Morgan fingerprint density at radius 3 is 2.61 bits per heavy atom. The van der Waals surface area contributed by atoms with Gasteiger partial charge in [-0.3, -0.25) is 9.69 Å². The van der Waals surface area contributed by atoms with Crippen LogP contribution < -0.4 is 15.5 Å². The number of para-hydroxylation sites is 2. The van der Waals surface area contributed by atoms with Crippen LogP contribution in [0.15, 0.2) is 24.3 Å². The number of rotatable bonds is 1. The van der Waals surface area contributed by atoms with Crippen LogP contribution in [0.3, 0.4) is 0 Å². The molecule has 3 amide bonds. The van der Waals surface area contributed by atoms with E-state index >= 15 is 0 Å². The molecule has 0 spiro atoms. The van der Waals surface area contributed by atoms with Gasteiger partial charge in [-0.2, -0.15) is 0 Å². The molecule has 23 heavy (non-hydrogen) atoms. The van der Waals surface area contributed by atoms with E-state index in [0.29, 0.717) is 11.4 Å². The molecule has 0 bridgehead atoms. The number of fused-ring (bicyclic) bond motifs is 1. The number of alkyl carbamates (subject to hydrolysis) is 1. The first-order valence-corrected chi connectivity index (χ1v) is 7.07. The minimum atomic E-state index is -1.22. The van der Waals surface area contributed by atoms with E-state index in [1.165, 1.54) is 0 Å². The Morgan fingerprint density at radius 2 is 2.00 bits per heavy atom. The second kappa shape index (κ2) is 6.15. The van der Waals surface area contributed by atoms with Gasteiger partial charge in [-0.1, -0.05) is 12.1 Å². The lowest BCUT2D eigenvalue weighted by Crippen LogP contribution is -2.51. The van der Waals surface area contributed by atoms with E-state index in [0.717, 1.165) is 4.90 Å². The van der Waals surface area contributed by atoms with E-state index in [9.17, 15) is 19.5 Å². The predicted octanol–water partition coefficient (Wildman–Crippen LogP) is 2.02. The molecule has 0 unspecified atom stereocenters. The molecule has 0 saturated carbocycles. The second-order valence-electron chi connectivity index (χ2n) is 6.10. The lowest BCUT2D eigenvalue weighted by molar-refractivity contribution is -0.117. The Balaban J connectivity index is 2.22. The molecule has 1 aromatic rings. The summed E-state index contributed by atoms with van der Waals surface area (Å²) >= 11 is 0. The van der Waals surface area contributed by atoms with Crippen molar-refractivity contribution in [3.63, 3.8) is 0 Å². The molecule has 1 atom stereocenters. The zero-order valence-corrected chi connectivity index (χ0v) is 13.1. The first-order chi connectivity index (χ1) is 10.7. The van der Waals surface area contributed by atoms with Crippen LogP contribution in [0.4, 0.5) is 21.0 Å². The van der Waals surface area contributed by atoms with E-state index in [-0.39, 0.29) is 6.54 Å². The Hall–Kier alpha value is -2.77. The van der Waals surface area contributed by atoms with Gasteiger partial charge in [0, 0.05) is 0 Å². The number of nitrogens with zero attached hydrogens (tertiary/aromatic N) is 1. The van der Waals surface area contributed by atoms with E-state index in [2.05, 4.69) is 10.6 Å². The van der Waals surface area contributed by atoms with Gasteiger partial charge in [0.25, 0.3) is 0 Å². The van der Waals surface area contributed by atoms with Gasteiger partial charge in [0.1, 0.15) is 11.6 Å². The molecule has 8 heteroatoms. The lowest BCUT2D eigenvalue weighted by Gasteiger charge is -2.24. The first-order valence-electron chi connectivity index (χ1n) is 7.07. The number of hydrogen-bond donors (Lipinski definition) is 3. The SMILES string of the molecule is CC(C)(C)OC(=O)N[C@H]1CN(C(=O)O)c2ccccc2NC1=O.